The van der Waals surface area contributed by atoms with Crippen molar-refractivity contribution in [2.75, 3.05) is 0 Å². The van der Waals surface area contributed by atoms with Gasteiger partial charge in [-0.2, -0.15) is 5.10 Å². The average molecular weight is 254 g/mol. The molecule has 0 fully saturated rings. The van der Waals surface area contributed by atoms with Gasteiger partial charge in [0.2, 0.25) is 5.52 Å². The lowest BCUT2D eigenvalue weighted by Gasteiger charge is -2.06. The topological polar surface area (TPSA) is 58.3 Å². The van der Waals surface area contributed by atoms with Gasteiger partial charge in [0.05, 0.1) is 17.6 Å². The van der Waals surface area contributed by atoms with Gasteiger partial charge in [-0.3, -0.25) is 0 Å². The Hall–Kier alpha value is -2.69. The number of para-hydroxylation sites is 1. The monoisotopic (exact) mass is 254 g/mol. The maximum absolute atomic E-state index is 10.9. The molecule has 0 amide bonds. The molecule has 19 heavy (non-hydrogen) atoms. The third-order valence-electron chi connectivity index (χ3n) is 2.95. The summed E-state index contributed by atoms with van der Waals surface area (Å²) in [6, 6.07) is 12.8. The molecule has 0 unspecified atom stereocenters. The van der Waals surface area contributed by atoms with Crippen molar-refractivity contribution in [2.45, 2.75) is 0 Å². The van der Waals surface area contributed by atoms with Crippen LogP contribution in [0.25, 0.3) is 10.9 Å². The van der Waals surface area contributed by atoms with Gasteiger partial charge in [0.15, 0.2) is 18.5 Å². The minimum Gasteiger partial charge on any atom is -0.455 e. The summed E-state index contributed by atoms with van der Waals surface area (Å²) in [4.78, 5) is 10.9. The summed E-state index contributed by atoms with van der Waals surface area (Å²) in [6.07, 6.45) is 1.82. The highest BCUT2D eigenvalue weighted by Gasteiger charge is 2.14. The number of aromatic nitrogens is 2. The summed E-state index contributed by atoms with van der Waals surface area (Å²) >= 11 is 0. The van der Waals surface area contributed by atoms with E-state index >= 15 is 0 Å². The minimum atomic E-state index is 0.288. The van der Waals surface area contributed by atoms with Crippen LogP contribution in [0.3, 0.4) is 0 Å². The van der Waals surface area contributed by atoms with E-state index in [9.17, 15) is 4.91 Å². The fourth-order valence-electron chi connectivity index (χ4n) is 1.98. The number of nitrogens with one attached hydrogen (secondary N) is 1. The zero-order valence-electron chi connectivity index (χ0n) is 10.3. The maximum Gasteiger partial charge on any atom is 0.241 e. The fraction of sp³-hybridized carbons (Fsp3) is 0.0714. The Kier molecular flexibility index (Phi) is 2.72. The molecule has 5 nitrogen and oxygen atoms in total. The molecule has 2 aromatic carbocycles. The summed E-state index contributed by atoms with van der Waals surface area (Å²) in [5.74, 6) is 1.12. The molecular weight excluding hydrogens is 242 g/mol. The molecule has 0 aliphatic carbocycles. The molecule has 3 rings (SSSR count). The highest BCUT2D eigenvalue weighted by atomic mass is 16.5. The molecule has 1 aromatic heterocycles. The number of benzene rings is 2. The Morgan fingerprint density at radius 1 is 1.21 bits per heavy atom. The first kappa shape index (κ1) is 11.4. The molecule has 0 bridgehead atoms. The SMILES string of the molecule is C[n+]1[nH]cc2cc(N=O)c(Oc3ccccc3)cc21. The number of H-pyrrole nitrogens is 1. The smallest absolute Gasteiger partial charge is 0.241 e. The van der Waals surface area contributed by atoms with Crippen LogP contribution in [0.2, 0.25) is 0 Å². The second kappa shape index (κ2) is 4.53. The van der Waals surface area contributed by atoms with E-state index in [1.807, 2.05) is 48.3 Å². The predicted molar refractivity (Wildman–Crippen MR) is 71.4 cm³/mol. The van der Waals surface area contributed by atoms with E-state index in [-0.39, 0.29) is 5.69 Å². The Morgan fingerprint density at radius 3 is 2.74 bits per heavy atom. The molecule has 0 atom stereocenters. The second-order valence-electron chi connectivity index (χ2n) is 4.22. The quantitative estimate of drug-likeness (QED) is 0.576. The van der Waals surface area contributed by atoms with E-state index in [1.165, 1.54) is 0 Å². The van der Waals surface area contributed by atoms with Crippen molar-refractivity contribution in [3.8, 4) is 11.5 Å². The molecule has 0 spiro atoms. The fourth-order valence-corrected chi connectivity index (χ4v) is 1.98. The number of hydrogen-bond acceptors (Lipinski definition) is 3. The number of fused-ring (bicyclic) bond motifs is 1. The van der Waals surface area contributed by atoms with Crippen molar-refractivity contribution < 1.29 is 9.42 Å². The second-order valence-corrected chi connectivity index (χ2v) is 4.22. The van der Waals surface area contributed by atoms with Crippen molar-refractivity contribution in [2.24, 2.45) is 12.2 Å². The van der Waals surface area contributed by atoms with Crippen LogP contribution in [-0.4, -0.2) is 5.10 Å². The zero-order valence-corrected chi connectivity index (χ0v) is 10.3. The number of aryl methyl sites for hydroxylation is 1. The van der Waals surface area contributed by atoms with E-state index in [0.717, 1.165) is 10.9 Å². The van der Waals surface area contributed by atoms with Crippen molar-refractivity contribution in [3.63, 3.8) is 0 Å². The first-order valence-corrected chi connectivity index (χ1v) is 5.85. The van der Waals surface area contributed by atoms with Crippen molar-refractivity contribution in [1.82, 2.24) is 5.10 Å². The summed E-state index contributed by atoms with van der Waals surface area (Å²) in [6.45, 7) is 0. The molecule has 0 aliphatic heterocycles. The normalized spacial score (nSPS) is 10.6. The third-order valence-corrected chi connectivity index (χ3v) is 2.95. The van der Waals surface area contributed by atoms with Crippen molar-refractivity contribution >= 4 is 16.6 Å². The number of rotatable bonds is 3. The Labute approximate surface area is 109 Å². The number of nitrogens with zero attached hydrogens (tertiary/aromatic N) is 2. The molecule has 3 aromatic rings. The van der Waals surface area contributed by atoms with Gasteiger partial charge >= 0.3 is 0 Å². The van der Waals surface area contributed by atoms with Crippen LogP contribution in [0.4, 0.5) is 5.69 Å². The van der Waals surface area contributed by atoms with Crippen LogP contribution in [0, 0.1) is 4.91 Å². The molecule has 94 valence electrons. The van der Waals surface area contributed by atoms with Crippen LogP contribution in [0.5, 0.6) is 11.5 Å². The lowest BCUT2D eigenvalue weighted by Crippen LogP contribution is -2.29. The highest BCUT2D eigenvalue weighted by molar-refractivity contribution is 5.82. The highest BCUT2D eigenvalue weighted by Crippen LogP contribution is 2.34. The predicted octanol–water partition coefficient (Wildman–Crippen LogP) is 3.18. The average Bonchev–Trinajstić information content (AvgIpc) is 2.80. The number of ether oxygens (including phenoxy) is 1. The number of aromatic amines is 1. The Morgan fingerprint density at radius 2 is 2.00 bits per heavy atom. The van der Waals surface area contributed by atoms with Crippen LogP contribution in [0.1, 0.15) is 0 Å². The Bertz CT molecular complexity index is 735. The van der Waals surface area contributed by atoms with Gasteiger partial charge in [-0.25, -0.2) is 0 Å². The largest absolute Gasteiger partial charge is 0.455 e. The maximum atomic E-state index is 10.9. The van der Waals surface area contributed by atoms with Crippen LogP contribution < -0.4 is 9.42 Å². The first-order valence-electron chi connectivity index (χ1n) is 5.85. The lowest BCUT2D eigenvalue weighted by atomic mass is 10.2. The van der Waals surface area contributed by atoms with Crippen LogP contribution in [-0.2, 0) is 7.05 Å². The standard InChI is InChI=1S/C14H11N3O2/c1-17-13-8-14(19-11-5-3-2-4-6-11)12(16-18)7-10(13)9-15-17/h2-9H,1H3/p+1. The summed E-state index contributed by atoms with van der Waals surface area (Å²) in [5, 5.41) is 6.98. The molecule has 0 saturated carbocycles. The van der Waals surface area contributed by atoms with Crippen LogP contribution in [0.15, 0.2) is 53.8 Å². The van der Waals surface area contributed by atoms with E-state index in [0.29, 0.717) is 11.5 Å². The molecule has 0 saturated heterocycles. The number of nitroso groups, excluding NO2 is 1. The van der Waals surface area contributed by atoms with Crippen LogP contribution >= 0.6 is 0 Å². The van der Waals surface area contributed by atoms with Gasteiger partial charge in [-0.05, 0) is 23.4 Å². The number of hydrogen-bond donors (Lipinski definition) is 1. The summed E-state index contributed by atoms with van der Waals surface area (Å²) in [5.41, 5.74) is 1.23. The van der Waals surface area contributed by atoms with Gasteiger partial charge in [0.1, 0.15) is 5.75 Å². The van der Waals surface area contributed by atoms with E-state index in [1.54, 1.807) is 12.1 Å². The molecule has 0 radical (unpaired) electrons. The molecule has 1 heterocycles. The molecule has 5 heteroatoms. The third kappa shape index (κ3) is 2.06. The van der Waals surface area contributed by atoms with Gasteiger partial charge < -0.3 is 4.74 Å². The lowest BCUT2D eigenvalue weighted by molar-refractivity contribution is -0.702. The first-order chi connectivity index (χ1) is 9.28. The zero-order chi connectivity index (χ0) is 13.2. The molecular formula is C14H12N3O2+. The Balaban J connectivity index is 2.10. The van der Waals surface area contributed by atoms with Gasteiger partial charge in [0.25, 0.3) is 0 Å². The van der Waals surface area contributed by atoms with E-state index in [4.69, 9.17) is 4.74 Å². The minimum absolute atomic E-state index is 0.288. The van der Waals surface area contributed by atoms with Crippen molar-refractivity contribution in [3.05, 3.63) is 53.6 Å². The van der Waals surface area contributed by atoms with Gasteiger partial charge in [-0.15, -0.1) is 9.59 Å². The molecule has 1 N–H and O–H groups in total. The van der Waals surface area contributed by atoms with Gasteiger partial charge in [-0.1, -0.05) is 18.2 Å². The molecule has 0 aliphatic rings. The van der Waals surface area contributed by atoms with E-state index < -0.39 is 0 Å². The van der Waals surface area contributed by atoms with Gasteiger partial charge in [0, 0.05) is 0 Å². The summed E-state index contributed by atoms with van der Waals surface area (Å²) in [7, 11) is 1.89. The van der Waals surface area contributed by atoms with Crippen molar-refractivity contribution in [1.29, 1.82) is 0 Å². The summed E-state index contributed by atoms with van der Waals surface area (Å²) < 4.78 is 7.56. The van der Waals surface area contributed by atoms with E-state index in [2.05, 4.69) is 10.3 Å².